The fourth-order valence-corrected chi connectivity index (χ4v) is 4.22. The van der Waals surface area contributed by atoms with E-state index >= 15 is 0 Å². The van der Waals surface area contributed by atoms with Gasteiger partial charge in [-0.25, -0.2) is 9.59 Å². The van der Waals surface area contributed by atoms with E-state index in [1.54, 1.807) is 32.0 Å². The van der Waals surface area contributed by atoms with E-state index in [9.17, 15) is 19.2 Å². The van der Waals surface area contributed by atoms with Crippen molar-refractivity contribution in [3.63, 3.8) is 0 Å². The maximum atomic E-state index is 12.9. The van der Waals surface area contributed by atoms with Gasteiger partial charge in [-0.3, -0.25) is 9.59 Å². The minimum Gasteiger partial charge on any atom is -0.424 e. The zero-order chi connectivity index (χ0) is 23.9. The Kier molecular flexibility index (Phi) is 9.07. The lowest BCUT2D eigenvalue weighted by molar-refractivity contribution is -0.169. The molecule has 0 bridgehead atoms. The van der Waals surface area contributed by atoms with Gasteiger partial charge < -0.3 is 20.1 Å². The average molecular weight is 467 g/mol. The van der Waals surface area contributed by atoms with Crippen molar-refractivity contribution < 1.29 is 28.7 Å². The molecule has 32 heavy (non-hydrogen) atoms. The number of ether oxygens (including phenoxy) is 2. The number of carbonyl (C=O) groups excluding carboxylic acids is 4. The zero-order valence-electron chi connectivity index (χ0n) is 18.9. The normalized spacial score (nSPS) is 20.2. The molecule has 2 amide bonds. The van der Waals surface area contributed by atoms with Crippen LogP contribution in [0.15, 0.2) is 24.3 Å². The van der Waals surface area contributed by atoms with Crippen LogP contribution in [-0.2, 0) is 29.3 Å². The summed E-state index contributed by atoms with van der Waals surface area (Å²) in [6, 6.07) is 6.27. The van der Waals surface area contributed by atoms with Crippen molar-refractivity contribution in [3.05, 3.63) is 34.9 Å². The predicted molar refractivity (Wildman–Crippen MR) is 119 cm³/mol. The molecule has 3 atom stereocenters. The van der Waals surface area contributed by atoms with Crippen molar-refractivity contribution in [1.82, 2.24) is 10.6 Å². The summed E-state index contributed by atoms with van der Waals surface area (Å²) < 4.78 is 10.3. The lowest BCUT2D eigenvalue weighted by Crippen LogP contribution is -2.49. The van der Waals surface area contributed by atoms with Crippen molar-refractivity contribution >= 4 is 35.4 Å². The number of benzene rings is 1. The van der Waals surface area contributed by atoms with Gasteiger partial charge in [-0.2, -0.15) is 0 Å². The molecule has 1 aromatic carbocycles. The first kappa shape index (κ1) is 25.6. The number of amides is 2. The van der Waals surface area contributed by atoms with Crippen LogP contribution in [0.1, 0.15) is 58.9 Å². The average Bonchev–Trinajstić information content (AvgIpc) is 2.71. The Morgan fingerprint density at radius 1 is 1.12 bits per heavy atom. The molecular weight excluding hydrogens is 436 g/mol. The van der Waals surface area contributed by atoms with Crippen LogP contribution in [-0.4, -0.2) is 42.6 Å². The third kappa shape index (κ3) is 6.45. The molecule has 1 fully saturated rings. The van der Waals surface area contributed by atoms with Crippen molar-refractivity contribution in [2.45, 2.75) is 71.1 Å². The predicted octanol–water partition coefficient (Wildman–Crippen LogP) is 3.50. The molecule has 1 saturated carbocycles. The molecule has 2 rings (SSSR count). The molecule has 0 aromatic heterocycles. The molecule has 176 valence electrons. The van der Waals surface area contributed by atoms with Gasteiger partial charge in [0.05, 0.1) is 5.41 Å². The molecule has 8 nitrogen and oxygen atoms in total. The van der Waals surface area contributed by atoms with Crippen LogP contribution in [0.25, 0.3) is 0 Å². The van der Waals surface area contributed by atoms with E-state index in [1.165, 1.54) is 13.8 Å². The molecule has 0 spiro atoms. The van der Waals surface area contributed by atoms with Crippen LogP contribution >= 0.6 is 11.6 Å². The Labute approximate surface area is 193 Å². The van der Waals surface area contributed by atoms with Crippen molar-refractivity contribution in [2.24, 2.45) is 5.92 Å². The quantitative estimate of drug-likeness (QED) is 0.448. The SMILES string of the molecule is CC(=O)N[C@H](C(=O)OC(C)OC(=O)NC[C@]1(c2ccccc2Cl)CCCCC1=O)C(C)C. The third-order valence-corrected chi connectivity index (χ3v) is 5.88. The van der Waals surface area contributed by atoms with Crippen molar-refractivity contribution in [1.29, 1.82) is 0 Å². The summed E-state index contributed by atoms with van der Waals surface area (Å²) in [7, 11) is 0. The molecule has 0 aliphatic heterocycles. The second kappa shape index (κ2) is 11.3. The Morgan fingerprint density at radius 2 is 1.81 bits per heavy atom. The monoisotopic (exact) mass is 466 g/mol. The second-order valence-corrected chi connectivity index (χ2v) is 8.79. The molecule has 0 heterocycles. The topological polar surface area (TPSA) is 111 Å². The Hall–Kier alpha value is -2.61. The van der Waals surface area contributed by atoms with Gasteiger partial charge in [0.25, 0.3) is 0 Å². The zero-order valence-corrected chi connectivity index (χ0v) is 19.7. The van der Waals surface area contributed by atoms with E-state index in [0.717, 1.165) is 12.8 Å². The highest BCUT2D eigenvalue weighted by molar-refractivity contribution is 6.31. The molecule has 1 unspecified atom stereocenters. The first-order chi connectivity index (χ1) is 15.1. The number of ketones is 1. The molecule has 1 aliphatic carbocycles. The Balaban J connectivity index is 2.02. The molecule has 2 N–H and O–H groups in total. The standard InChI is InChI=1S/C23H31ClN2O6/c1-14(2)20(26-15(3)27)21(29)31-16(4)32-22(30)25-13-23(12-8-7-11-19(23)28)17-9-5-6-10-18(17)24/h5-6,9-10,14,16,20H,7-8,11-13H2,1-4H3,(H,25,30)(H,26,27)/t16?,20-,23-/m0/s1. The smallest absolute Gasteiger partial charge is 0.410 e. The number of rotatable bonds is 8. The summed E-state index contributed by atoms with van der Waals surface area (Å²) >= 11 is 6.38. The largest absolute Gasteiger partial charge is 0.424 e. The summed E-state index contributed by atoms with van der Waals surface area (Å²) in [4.78, 5) is 48.9. The van der Waals surface area contributed by atoms with E-state index in [1.807, 2.05) is 6.07 Å². The van der Waals surface area contributed by atoms with E-state index in [0.29, 0.717) is 23.4 Å². The minimum atomic E-state index is -1.18. The van der Waals surface area contributed by atoms with Gasteiger partial charge in [-0.05, 0) is 30.4 Å². The number of hydrogen-bond donors (Lipinski definition) is 2. The highest BCUT2D eigenvalue weighted by atomic mass is 35.5. The number of esters is 1. The van der Waals surface area contributed by atoms with Crippen LogP contribution in [0.4, 0.5) is 4.79 Å². The van der Waals surface area contributed by atoms with E-state index in [-0.39, 0.29) is 24.2 Å². The Bertz CT molecular complexity index is 859. The van der Waals surface area contributed by atoms with Gasteiger partial charge in [0, 0.05) is 31.8 Å². The number of carbonyl (C=O) groups is 4. The van der Waals surface area contributed by atoms with Crippen molar-refractivity contribution in [3.8, 4) is 0 Å². The Morgan fingerprint density at radius 3 is 2.41 bits per heavy atom. The summed E-state index contributed by atoms with van der Waals surface area (Å²) in [5, 5.41) is 5.63. The maximum Gasteiger partial charge on any atom is 0.410 e. The summed E-state index contributed by atoms with van der Waals surface area (Å²) in [6.07, 6.45) is 0.601. The molecule has 9 heteroatoms. The van der Waals surface area contributed by atoms with Crippen LogP contribution in [0.3, 0.4) is 0 Å². The van der Waals surface area contributed by atoms with Gasteiger partial charge in [-0.15, -0.1) is 0 Å². The molecule has 0 radical (unpaired) electrons. The van der Waals surface area contributed by atoms with E-state index in [2.05, 4.69) is 10.6 Å². The number of Topliss-reactive ketones (excluding diaryl/α,β-unsaturated/α-hetero) is 1. The van der Waals surface area contributed by atoms with Gasteiger partial charge in [0.15, 0.2) is 0 Å². The van der Waals surface area contributed by atoms with Gasteiger partial charge in [-0.1, -0.05) is 50.1 Å². The summed E-state index contributed by atoms with van der Waals surface area (Å²) in [6.45, 7) is 6.25. The fourth-order valence-electron chi connectivity index (χ4n) is 3.90. The van der Waals surface area contributed by atoms with Crippen LogP contribution in [0.5, 0.6) is 0 Å². The number of alkyl carbamates (subject to hydrolysis) is 1. The lowest BCUT2D eigenvalue weighted by Gasteiger charge is -2.37. The molecule has 0 saturated heterocycles. The second-order valence-electron chi connectivity index (χ2n) is 8.38. The fraction of sp³-hybridized carbons (Fsp3) is 0.565. The van der Waals surface area contributed by atoms with Gasteiger partial charge in [0.1, 0.15) is 11.8 Å². The molecule has 1 aromatic rings. The highest BCUT2D eigenvalue weighted by Crippen LogP contribution is 2.39. The highest BCUT2D eigenvalue weighted by Gasteiger charge is 2.43. The lowest BCUT2D eigenvalue weighted by atomic mass is 9.68. The third-order valence-electron chi connectivity index (χ3n) is 5.55. The van der Waals surface area contributed by atoms with Crippen molar-refractivity contribution in [2.75, 3.05) is 6.54 Å². The first-order valence-corrected chi connectivity index (χ1v) is 11.1. The van der Waals surface area contributed by atoms with E-state index < -0.39 is 29.8 Å². The summed E-state index contributed by atoms with van der Waals surface area (Å²) in [5.41, 5.74) is -0.245. The maximum absolute atomic E-state index is 12.9. The van der Waals surface area contributed by atoms with Gasteiger partial charge in [0.2, 0.25) is 12.2 Å². The van der Waals surface area contributed by atoms with Crippen LogP contribution < -0.4 is 10.6 Å². The number of nitrogens with one attached hydrogen (secondary N) is 2. The minimum absolute atomic E-state index is 0.0201. The number of halogens is 1. The van der Waals surface area contributed by atoms with Gasteiger partial charge >= 0.3 is 12.1 Å². The van der Waals surface area contributed by atoms with Crippen LogP contribution in [0, 0.1) is 5.92 Å². The number of hydrogen-bond acceptors (Lipinski definition) is 6. The molecule has 1 aliphatic rings. The van der Waals surface area contributed by atoms with E-state index in [4.69, 9.17) is 21.1 Å². The summed E-state index contributed by atoms with van der Waals surface area (Å²) in [5.74, 6) is -1.26. The first-order valence-electron chi connectivity index (χ1n) is 10.8. The molecular formula is C23H31ClN2O6. The van der Waals surface area contributed by atoms with Crippen LogP contribution in [0.2, 0.25) is 5.02 Å².